The first-order valence-electron chi connectivity index (χ1n) is 10.4. The number of piperazine rings is 1. The van der Waals surface area contributed by atoms with Crippen LogP contribution in [0.5, 0.6) is 5.75 Å². The molecule has 0 spiro atoms. The van der Waals surface area contributed by atoms with E-state index >= 15 is 0 Å². The van der Waals surface area contributed by atoms with Crippen LogP contribution in [0.1, 0.15) is 18.3 Å². The number of hydrogen-bond acceptors (Lipinski definition) is 6. The molecule has 1 fully saturated rings. The summed E-state index contributed by atoms with van der Waals surface area (Å²) in [6.07, 6.45) is 0.558. The molecule has 2 heterocycles. The summed E-state index contributed by atoms with van der Waals surface area (Å²) in [6, 6.07) is 13.4. The van der Waals surface area contributed by atoms with Gasteiger partial charge in [0, 0.05) is 43.2 Å². The maximum absolute atomic E-state index is 13.3. The quantitative estimate of drug-likeness (QED) is 0.585. The molecule has 0 aliphatic carbocycles. The lowest BCUT2D eigenvalue weighted by atomic mass is 10.0. The molecule has 1 aromatic heterocycles. The number of rotatable bonds is 7. The van der Waals surface area contributed by atoms with E-state index in [0.29, 0.717) is 42.7 Å². The van der Waals surface area contributed by atoms with E-state index in [1.807, 2.05) is 11.8 Å². The average molecular weight is 459 g/mol. The van der Waals surface area contributed by atoms with Crippen molar-refractivity contribution in [2.45, 2.75) is 32.0 Å². The average Bonchev–Trinajstić information content (AvgIpc) is 3.29. The van der Waals surface area contributed by atoms with Crippen molar-refractivity contribution in [3.8, 4) is 5.75 Å². The van der Waals surface area contributed by atoms with Crippen molar-refractivity contribution in [1.29, 1.82) is 0 Å². The molecular weight excluding hydrogens is 435 g/mol. The highest BCUT2D eigenvalue weighted by molar-refractivity contribution is 6.30. The molecule has 1 amide bonds. The molecule has 32 heavy (non-hydrogen) atoms. The van der Waals surface area contributed by atoms with Crippen LogP contribution in [-0.4, -0.2) is 68.1 Å². The molecule has 3 aromatic rings. The summed E-state index contributed by atoms with van der Waals surface area (Å²) in [5, 5.41) is 14.7. The SMILES string of the molecule is C[C@@H]1CN(Cc2ccc(F)cc2)[C@H](Cc2nnn[nH]2)CN1C(=O)COc1ccc(Cl)cc1. The van der Waals surface area contributed by atoms with Crippen LogP contribution < -0.4 is 4.74 Å². The van der Waals surface area contributed by atoms with E-state index in [1.54, 1.807) is 36.4 Å². The molecule has 1 saturated heterocycles. The number of aromatic nitrogens is 4. The van der Waals surface area contributed by atoms with Gasteiger partial charge in [-0.2, -0.15) is 0 Å². The number of halogens is 2. The molecule has 0 bridgehead atoms. The summed E-state index contributed by atoms with van der Waals surface area (Å²) in [6.45, 7) is 3.77. The minimum Gasteiger partial charge on any atom is -0.484 e. The minimum absolute atomic E-state index is 0.00881. The zero-order chi connectivity index (χ0) is 22.5. The van der Waals surface area contributed by atoms with E-state index in [2.05, 4.69) is 25.5 Å². The van der Waals surface area contributed by atoms with Crippen molar-refractivity contribution in [2.24, 2.45) is 0 Å². The Bertz CT molecular complexity index is 1020. The Morgan fingerprint density at radius 2 is 1.94 bits per heavy atom. The van der Waals surface area contributed by atoms with Gasteiger partial charge < -0.3 is 9.64 Å². The first kappa shape index (κ1) is 22.2. The zero-order valence-corrected chi connectivity index (χ0v) is 18.4. The van der Waals surface area contributed by atoms with Crippen LogP contribution in [0.25, 0.3) is 0 Å². The van der Waals surface area contributed by atoms with Gasteiger partial charge in [-0.15, -0.1) is 5.10 Å². The van der Waals surface area contributed by atoms with Gasteiger partial charge in [0.25, 0.3) is 5.91 Å². The van der Waals surface area contributed by atoms with Crippen LogP contribution in [0.15, 0.2) is 48.5 Å². The molecule has 0 unspecified atom stereocenters. The maximum Gasteiger partial charge on any atom is 0.260 e. The fourth-order valence-electron chi connectivity index (χ4n) is 3.92. The Morgan fingerprint density at radius 3 is 2.62 bits per heavy atom. The van der Waals surface area contributed by atoms with Gasteiger partial charge in [0.2, 0.25) is 0 Å². The second-order valence-electron chi connectivity index (χ2n) is 7.90. The number of ether oxygens (including phenoxy) is 1. The number of tetrazole rings is 1. The molecular formula is C22H24ClFN6O2. The summed E-state index contributed by atoms with van der Waals surface area (Å²) < 4.78 is 19.0. The Labute approximate surface area is 190 Å². The van der Waals surface area contributed by atoms with Crippen molar-refractivity contribution in [3.05, 3.63) is 70.8 Å². The van der Waals surface area contributed by atoms with Crippen molar-refractivity contribution >= 4 is 17.5 Å². The van der Waals surface area contributed by atoms with E-state index in [0.717, 1.165) is 5.56 Å². The monoisotopic (exact) mass is 458 g/mol. The first-order valence-corrected chi connectivity index (χ1v) is 10.7. The number of H-pyrrole nitrogens is 1. The van der Waals surface area contributed by atoms with Crippen molar-refractivity contribution < 1.29 is 13.9 Å². The molecule has 2 aromatic carbocycles. The summed E-state index contributed by atoms with van der Waals surface area (Å²) >= 11 is 5.90. The second-order valence-corrected chi connectivity index (χ2v) is 8.34. The molecule has 8 nitrogen and oxygen atoms in total. The van der Waals surface area contributed by atoms with Gasteiger partial charge in [-0.05, 0) is 59.3 Å². The van der Waals surface area contributed by atoms with Crippen LogP contribution in [-0.2, 0) is 17.8 Å². The lowest BCUT2D eigenvalue weighted by Gasteiger charge is -2.45. The molecule has 1 aliphatic heterocycles. The molecule has 10 heteroatoms. The Kier molecular flexibility index (Phi) is 6.96. The predicted molar refractivity (Wildman–Crippen MR) is 117 cm³/mol. The van der Waals surface area contributed by atoms with E-state index in [9.17, 15) is 9.18 Å². The molecule has 2 atom stereocenters. The van der Waals surface area contributed by atoms with Gasteiger partial charge in [0.15, 0.2) is 6.61 Å². The topological polar surface area (TPSA) is 87.2 Å². The van der Waals surface area contributed by atoms with Gasteiger partial charge >= 0.3 is 0 Å². The van der Waals surface area contributed by atoms with Crippen LogP contribution >= 0.6 is 11.6 Å². The number of benzene rings is 2. The summed E-state index contributed by atoms with van der Waals surface area (Å²) in [5.74, 6) is 0.894. The van der Waals surface area contributed by atoms with Gasteiger partial charge in [-0.1, -0.05) is 23.7 Å². The van der Waals surface area contributed by atoms with Crippen molar-refractivity contribution in [2.75, 3.05) is 19.7 Å². The second kappa shape index (κ2) is 10.1. The number of nitrogens with zero attached hydrogens (tertiary/aromatic N) is 5. The van der Waals surface area contributed by atoms with Crippen LogP contribution in [0.4, 0.5) is 4.39 Å². The lowest BCUT2D eigenvalue weighted by Crippen LogP contribution is -2.60. The molecule has 1 aliphatic rings. The van der Waals surface area contributed by atoms with E-state index in [-0.39, 0.29) is 30.4 Å². The third-order valence-corrected chi connectivity index (χ3v) is 5.82. The van der Waals surface area contributed by atoms with Crippen LogP contribution in [0.2, 0.25) is 5.02 Å². The maximum atomic E-state index is 13.3. The van der Waals surface area contributed by atoms with Crippen LogP contribution in [0, 0.1) is 5.82 Å². The number of hydrogen-bond donors (Lipinski definition) is 1. The fraction of sp³-hybridized carbons (Fsp3) is 0.364. The highest BCUT2D eigenvalue weighted by Crippen LogP contribution is 2.22. The summed E-state index contributed by atoms with van der Waals surface area (Å²) in [5.41, 5.74) is 1.00. The lowest BCUT2D eigenvalue weighted by molar-refractivity contribution is -0.139. The Morgan fingerprint density at radius 1 is 1.19 bits per heavy atom. The molecule has 1 N–H and O–H groups in total. The van der Waals surface area contributed by atoms with E-state index in [4.69, 9.17) is 16.3 Å². The van der Waals surface area contributed by atoms with E-state index < -0.39 is 0 Å². The number of amides is 1. The Hall–Kier alpha value is -3.04. The predicted octanol–water partition coefficient (Wildman–Crippen LogP) is 2.72. The first-order chi connectivity index (χ1) is 15.5. The number of carbonyl (C=O) groups excluding carboxylic acids is 1. The number of aromatic amines is 1. The van der Waals surface area contributed by atoms with Gasteiger partial charge in [-0.3, -0.25) is 9.69 Å². The van der Waals surface area contributed by atoms with Gasteiger partial charge in [-0.25, -0.2) is 9.49 Å². The molecule has 168 valence electrons. The zero-order valence-electron chi connectivity index (χ0n) is 17.6. The smallest absolute Gasteiger partial charge is 0.260 e. The highest BCUT2D eigenvalue weighted by Gasteiger charge is 2.35. The van der Waals surface area contributed by atoms with Gasteiger partial charge in [0.1, 0.15) is 17.4 Å². The van der Waals surface area contributed by atoms with Gasteiger partial charge in [0.05, 0.1) is 0 Å². The normalized spacial score (nSPS) is 19.2. The third-order valence-electron chi connectivity index (χ3n) is 5.57. The summed E-state index contributed by atoms with van der Waals surface area (Å²) in [7, 11) is 0. The standard InChI is InChI=1S/C22H24ClFN6O2/c1-15-11-29(12-16-2-6-18(24)7-3-16)19(10-21-25-27-28-26-21)13-30(15)22(31)14-32-20-8-4-17(23)5-9-20/h2-9,15,19H,10-14H2,1H3,(H,25,26,27,28)/t15-,19-/m1/s1. The van der Waals surface area contributed by atoms with Crippen LogP contribution in [0.3, 0.4) is 0 Å². The largest absolute Gasteiger partial charge is 0.484 e. The third kappa shape index (κ3) is 5.60. The molecule has 0 saturated carbocycles. The fourth-order valence-corrected chi connectivity index (χ4v) is 4.04. The highest BCUT2D eigenvalue weighted by atomic mass is 35.5. The summed E-state index contributed by atoms with van der Waals surface area (Å²) in [4.78, 5) is 17.1. The number of nitrogens with one attached hydrogen (secondary N) is 1. The number of carbonyl (C=O) groups is 1. The van der Waals surface area contributed by atoms with E-state index in [1.165, 1.54) is 12.1 Å². The Balaban J connectivity index is 1.44. The molecule has 0 radical (unpaired) electrons. The minimum atomic E-state index is -0.262. The van der Waals surface area contributed by atoms with Crippen molar-refractivity contribution in [3.63, 3.8) is 0 Å². The van der Waals surface area contributed by atoms with Crippen molar-refractivity contribution in [1.82, 2.24) is 30.4 Å². The molecule has 4 rings (SSSR count).